The molecule has 38 heavy (non-hydrogen) atoms. The summed E-state index contributed by atoms with van der Waals surface area (Å²) in [5.74, 6) is 1.22. The normalized spacial score (nSPS) is 16.9. The van der Waals surface area contributed by atoms with E-state index >= 15 is 0 Å². The van der Waals surface area contributed by atoms with Crippen LogP contribution in [0.15, 0.2) is 53.6 Å². The molecule has 0 atom stereocenters. The highest BCUT2D eigenvalue weighted by Gasteiger charge is 2.19. The molecule has 200 valence electrons. The number of nitrogens with one attached hydrogen (secondary N) is 3. The van der Waals surface area contributed by atoms with Crippen LogP contribution >= 0.6 is 11.8 Å². The fourth-order valence-corrected chi connectivity index (χ4v) is 5.44. The molecule has 3 aliphatic heterocycles. The van der Waals surface area contributed by atoms with Crippen molar-refractivity contribution in [3.8, 4) is 5.75 Å². The molecule has 3 heterocycles. The summed E-state index contributed by atoms with van der Waals surface area (Å²) in [7, 11) is 0. The first kappa shape index (κ1) is 26.3. The van der Waals surface area contributed by atoms with Crippen molar-refractivity contribution in [3.05, 3.63) is 70.3 Å². The van der Waals surface area contributed by atoms with Crippen molar-refractivity contribution in [2.45, 2.75) is 19.4 Å². The first-order chi connectivity index (χ1) is 18.5. The number of hydrogen-bond donors (Lipinski definition) is 3. The summed E-state index contributed by atoms with van der Waals surface area (Å²) in [5.41, 5.74) is 4.31. The van der Waals surface area contributed by atoms with Crippen LogP contribution in [0.25, 0.3) is 0 Å². The zero-order valence-electron chi connectivity index (χ0n) is 21.3. The number of carbonyl (C=O) groups excluding carboxylic acids is 2. The number of morpholine rings is 1. The largest absolute Gasteiger partial charge is 0.493 e. The van der Waals surface area contributed by atoms with Gasteiger partial charge in [-0.3, -0.25) is 9.69 Å². The average molecular weight is 536 g/mol. The maximum atomic E-state index is 13.4. The van der Waals surface area contributed by atoms with E-state index in [2.05, 4.69) is 15.5 Å². The van der Waals surface area contributed by atoms with E-state index in [9.17, 15) is 9.59 Å². The molecule has 0 aliphatic carbocycles. The Labute approximate surface area is 227 Å². The third-order valence-electron chi connectivity index (χ3n) is 6.83. The van der Waals surface area contributed by atoms with Gasteiger partial charge >= 0.3 is 6.03 Å². The van der Waals surface area contributed by atoms with Crippen LogP contribution < -0.4 is 15.4 Å². The lowest BCUT2D eigenvalue weighted by Gasteiger charge is -2.28. The molecule has 0 spiro atoms. The van der Waals surface area contributed by atoms with Crippen LogP contribution in [0, 0.1) is 5.41 Å². The van der Waals surface area contributed by atoms with Gasteiger partial charge in [-0.25, -0.2) is 4.79 Å². The third kappa shape index (κ3) is 6.75. The molecule has 5 rings (SSSR count). The maximum absolute atomic E-state index is 13.4. The van der Waals surface area contributed by atoms with E-state index in [0.29, 0.717) is 42.4 Å². The Morgan fingerprint density at radius 3 is 2.63 bits per heavy atom. The molecule has 0 bridgehead atoms. The summed E-state index contributed by atoms with van der Waals surface area (Å²) in [6.07, 6.45) is 1.70. The highest BCUT2D eigenvalue weighted by molar-refractivity contribution is 8.03. The number of thioether (sulfide) groups is 1. The second kappa shape index (κ2) is 12.5. The molecule has 9 nitrogen and oxygen atoms in total. The SMILES string of the molecule is N=C1CSC=C1NC(=O)c1ccc(CN(CCCN2CCOCC2)C(=O)Nc2ccc3c(c2)CCO3)cc1. The molecule has 1 fully saturated rings. The van der Waals surface area contributed by atoms with E-state index in [1.165, 1.54) is 11.8 Å². The van der Waals surface area contributed by atoms with Crippen molar-refractivity contribution in [1.82, 2.24) is 15.1 Å². The Hall–Kier alpha value is -3.34. The van der Waals surface area contributed by atoms with Crippen LogP contribution in [0.1, 0.15) is 27.9 Å². The van der Waals surface area contributed by atoms with E-state index in [1.807, 2.05) is 35.2 Å². The van der Waals surface area contributed by atoms with Gasteiger partial charge in [0, 0.05) is 56.1 Å². The van der Waals surface area contributed by atoms with E-state index < -0.39 is 0 Å². The molecule has 2 aromatic carbocycles. The molecular weight excluding hydrogens is 502 g/mol. The number of fused-ring (bicyclic) bond motifs is 1. The highest BCUT2D eigenvalue weighted by atomic mass is 32.2. The maximum Gasteiger partial charge on any atom is 0.322 e. The number of benzene rings is 2. The topological polar surface area (TPSA) is 107 Å². The van der Waals surface area contributed by atoms with Gasteiger partial charge in [0.1, 0.15) is 5.75 Å². The fraction of sp³-hybridized carbons (Fsp3) is 0.393. The molecular formula is C28H33N5O4S. The molecule has 0 radical (unpaired) electrons. The quantitative estimate of drug-likeness (QED) is 0.452. The van der Waals surface area contributed by atoms with Crippen molar-refractivity contribution in [2.75, 3.05) is 57.1 Å². The van der Waals surface area contributed by atoms with Crippen LogP contribution in [0.5, 0.6) is 5.75 Å². The molecule has 0 saturated carbocycles. The molecule has 10 heteroatoms. The van der Waals surface area contributed by atoms with E-state index in [4.69, 9.17) is 14.9 Å². The molecule has 3 N–H and O–H groups in total. The minimum Gasteiger partial charge on any atom is -0.493 e. The molecule has 3 aliphatic rings. The van der Waals surface area contributed by atoms with E-state index in [-0.39, 0.29) is 11.9 Å². The standard InChI is InChI=1S/C28H33N5O4S/c29-24-18-38-19-25(24)31-27(34)21-4-2-20(3-5-21)17-33(10-1-9-32-11-14-36-15-12-32)28(35)30-23-6-7-26-22(16-23)8-13-37-26/h2-7,16,19,29H,1,8-15,17-18H2,(H,30,35)(H,31,34). The fourth-order valence-electron chi connectivity index (χ4n) is 4.67. The number of carbonyl (C=O) groups is 2. The summed E-state index contributed by atoms with van der Waals surface area (Å²) in [6.45, 7) is 5.96. The number of amides is 3. The summed E-state index contributed by atoms with van der Waals surface area (Å²) in [4.78, 5) is 30.2. The minimum absolute atomic E-state index is 0.156. The smallest absolute Gasteiger partial charge is 0.322 e. The van der Waals surface area contributed by atoms with Crippen molar-refractivity contribution >= 4 is 35.1 Å². The lowest BCUT2D eigenvalue weighted by Crippen LogP contribution is -2.40. The van der Waals surface area contributed by atoms with Gasteiger partial charge in [-0.1, -0.05) is 12.1 Å². The van der Waals surface area contributed by atoms with Gasteiger partial charge in [-0.15, -0.1) is 11.8 Å². The first-order valence-electron chi connectivity index (χ1n) is 13.0. The first-order valence-corrected chi connectivity index (χ1v) is 14.0. The number of allylic oxidation sites excluding steroid dienone is 1. The van der Waals surface area contributed by atoms with E-state index in [0.717, 1.165) is 68.3 Å². The van der Waals surface area contributed by atoms with Crippen molar-refractivity contribution in [1.29, 1.82) is 5.41 Å². The van der Waals surface area contributed by atoms with Gasteiger partial charge < -0.3 is 30.4 Å². The lowest BCUT2D eigenvalue weighted by molar-refractivity contribution is 0.0365. The zero-order valence-corrected chi connectivity index (χ0v) is 22.1. The summed E-state index contributed by atoms with van der Waals surface area (Å²) in [6, 6.07) is 12.9. The van der Waals surface area contributed by atoms with Gasteiger partial charge in [0.15, 0.2) is 0 Å². The molecule has 3 amide bonds. The summed E-state index contributed by atoms with van der Waals surface area (Å²) in [5, 5.41) is 15.6. The second-order valence-corrected chi connectivity index (χ2v) is 10.4. The highest BCUT2D eigenvalue weighted by Crippen LogP contribution is 2.28. The van der Waals surface area contributed by atoms with Gasteiger partial charge in [0.05, 0.1) is 31.2 Å². The predicted molar refractivity (Wildman–Crippen MR) is 149 cm³/mol. The number of anilines is 1. The number of urea groups is 1. The second-order valence-electron chi connectivity index (χ2n) is 9.55. The van der Waals surface area contributed by atoms with Crippen LogP contribution in [-0.2, 0) is 17.7 Å². The number of ether oxygens (including phenoxy) is 2. The number of hydrogen-bond acceptors (Lipinski definition) is 7. The Morgan fingerprint density at radius 2 is 1.87 bits per heavy atom. The van der Waals surface area contributed by atoms with Gasteiger partial charge in [-0.05, 0) is 53.3 Å². The van der Waals surface area contributed by atoms with Crippen LogP contribution in [0.2, 0.25) is 0 Å². The number of rotatable bonds is 9. The number of nitrogens with zero attached hydrogens (tertiary/aromatic N) is 2. The summed E-state index contributed by atoms with van der Waals surface area (Å²) < 4.78 is 11.0. The van der Waals surface area contributed by atoms with E-state index in [1.54, 1.807) is 17.5 Å². The monoisotopic (exact) mass is 535 g/mol. The molecule has 2 aromatic rings. The lowest BCUT2D eigenvalue weighted by atomic mass is 10.1. The molecule has 0 aromatic heterocycles. The average Bonchev–Trinajstić information content (AvgIpc) is 3.57. The summed E-state index contributed by atoms with van der Waals surface area (Å²) >= 11 is 1.50. The Morgan fingerprint density at radius 1 is 1.05 bits per heavy atom. The Kier molecular flexibility index (Phi) is 8.62. The van der Waals surface area contributed by atoms with Gasteiger partial charge in [0.25, 0.3) is 5.91 Å². The molecule has 1 saturated heterocycles. The van der Waals surface area contributed by atoms with Gasteiger partial charge in [0.2, 0.25) is 0 Å². The van der Waals surface area contributed by atoms with Gasteiger partial charge in [-0.2, -0.15) is 0 Å². The Bertz CT molecular complexity index is 1210. The van der Waals surface area contributed by atoms with Crippen LogP contribution in [-0.4, -0.2) is 79.2 Å². The Balaban J connectivity index is 1.22. The molecule has 0 unspecified atom stereocenters. The van der Waals surface area contributed by atoms with Crippen molar-refractivity contribution < 1.29 is 19.1 Å². The zero-order chi connectivity index (χ0) is 26.3. The van der Waals surface area contributed by atoms with Crippen molar-refractivity contribution in [3.63, 3.8) is 0 Å². The third-order valence-corrected chi connectivity index (χ3v) is 7.68. The van der Waals surface area contributed by atoms with Crippen LogP contribution in [0.4, 0.5) is 10.5 Å². The van der Waals surface area contributed by atoms with Crippen LogP contribution in [0.3, 0.4) is 0 Å². The predicted octanol–water partition coefficient (Wildman–Crippen LogP) is 3.72. The minimum atomic E-state index is -0.240. The van der Waals surface area contributed by atoms with Crippen molar-refractivity contribution in [2.24, 2.45) is 0 Å².